The van der Waals surface area contributed by atoms with E-state index in [4.69, 9.17) is 11.6 Å². The molecule has 0 aliphatic heterocycles. The minimum atomic E-state index is -0.895. The van der Waals surface area contributed by atoms with Crippen molar-refractivity contribution in [1.82, 2.24) is 0 Å². The molecule has 2 atom stereocenters. The van der Waals surface area contributed by atoms with Crippen LogP contribution < -0.4 is 0 Å². The molecule has 0 bridgehead atoms. The number of halogens is 1. The molecule has 2 unspecified atom stereocenters. The van der Waals surface area contributed by atoms with Crippen molar-refractivity contribution >= 4 is 22.4 Å². The molecule has 1 nitrogen and oxygen atoms in total. The highest BCUT2D eigenvalue weighted by Gasteiger charge is 2.10. The van der Waals surface area contributed by atoms with Crippen LogP contribution in [0.4, 0.5) is 0 Å². The smallest absolute Gasteiger partial charge is 0.0557 e. The zero-order valence-electron chi connectivity index (χ0n) is 7.79. The Labute approximate surface area is 86.6 Å². The maximum atomic E-state index is 11.8. The lowest BCUT2D eigenvalue weighted by Gasteiger charge is -2.07. The molecule has 3 heteroatoms. The van der Waals surface area contributed by atoms with E-state index in [0.29, 0.717) is 5.02 Å². The maximum Gasteiger partial charge on any atom is 0.0557 e. The lowest BCUT2D eigenvalue weighted by molar-refractivity contribution is 0.670. The first kappa shape index (κ1) is 10.7. The molecule has 1 rings (SSSR count). The van der Waals surface area contributed by atoms with E-state index in [1.807, 2.05) is 26.0 Å². The molecular formula is C10H13ClOS. The van der Waals surface area contributed by atoms with Crippen LogP contribution in [-0.2, 0) is 10.8 Å². The molecule has 0 aromatic heterocycles. The Hall–Kier alpha value is -0.340. The highest BCUT2D eigenvalue weighted by Crippen LogP contribution is 2.16. The van der Waals surface area contributed by atoms with Gasteiger partial charge in [0.25, 0.3) is 0 Å². The zero-order valence-corrected chi connectivity index (χ0v) is 9.36. The predicted molar refractivity (Wildman–Crippen MR) is 57.6 cm³/mol. The highest BCUT2D eigenvalue weighted by molar-refractivity contribution is 7.85. The van der Waals surface area contributed by atoms with Gasteiger partial charge >= 0.3 is 0 Å². The van der Waals surface area contributed by atoms with E-state index < -0.39 is 10.8 Å². The second-order valence-corrected chi connectivity index (χ2v) is 5.28. The second kappa shape index (κ2) is 4.77. The molecule has 0 saturated carbocycles. The van der Waals surface area contributed by atoms with Gasteiger partial charge in [-0.3, -0.25) is 4.21 Å². The molecule has 1 aromatic carbocycles. The first-order valence-corrected chi connectivity index (χ1v) is 5.90. The fourth-order valence-corrected chi connectivity index (χ4v) is 2.25. The maximum absolute atomic E-state index is 11.8. The van der Waals surface area contributed by atoms with Crippen molar-refractivity contribution in [3.63, 3.8) is 0 Å². The molecule has 0 aliphatic rings. The van der Waals surface area contributed by atoms with Gasteiger partial charge in [-0.2, -0.15) is 0 Å². The van der Waals surface area contributed by atoms with E-state index in [1.54, 1.807) is 12.1 Å². The van der Waals surface area contributed by atoms with Crippen LogP contribution in [0.1, 0.15) is 20.3 Å². The second-order valence-electron chi connectivity index (χ2n) is 2.97. The molecule has 0 spiro atoms. The quantitative estimate of drug-likeness (QED) is 0.758. The van der Waals surface area contributed by atoms with Gasteiger partial charge in [0.1, 0.15) is 0 Å². The van der Waals surface area contributed by atoms with Crippen LogP contribution in [0.15, 0.2) is 29.2 Å². The monoisotopic (exact) mass is 216 g/mol. The summed E-state index contributed by atoms with van der Waals surface area (Å²) in [7, 11) is -0.895. The number of hydrogen-bond acceptors (Lipinski definition) is 1. The summed E-state index contributed by atoms with van der Waals surface area (Å²) in [5.74, 6) is 0. The molecular weight excluding hydrogens is 204 g/mol. The van der Waals surface area contributed by atoms with Crippen molar-refractivity contribution in [2.45, 2.75) is 30.4 Å². The fourth-order valence-electron chi connectivity index (χ4n) is 0.952. The molecule has 0 heterocycles. The first-order chi connectivity index (χ1) is 6.15. The topological polar surface area (TPSA) is 17.1 Å². The minimum absolute atomic E-state index is 0.209. The summed E-state index contributed by atoms with van der Waals surface area (Å²) in [5.41, 5.74) is 0. The van der Waals surface area contributed by atoms with Crippen molar-refractivity contribution in [2.24, 2.45) is 0 Å². The van der Waals surface area contributed by atoms with Crippen LogP contribution in [0.5, 0.6) is 0 Å². The third-order valence-electron chi connectivity index (χ3n) is 1.99. The van der Waals surface area contributed by atoms with E-state index in [0.717, 1.165) is 11.3 Å². The Kier molecular flexibility index (Phi) is 3.94. The Bertz CT molecular complexity index is 294. The van der Waals surface area contributed by atoms with Crippen LogP contribution in [0, 0.1) is 0 Å². The minimum Gasteiger partial charge on any atom is -0.254 e. The molecule has 0 amide bonds. The van der Waals surface area contributed by atoms with Crippen LogP contribution >= 0.6 is 11.6 Å². The van der Waals surface area contributed by atoms with Gasteiger partial charge in [-0.05, 0) is 30.7 Å². The summed E-state index contributed by atoms with van der Waals surface area (Å²) >= 11 is 5.73. The molecule has 0 aliphatic carbocycles. The lowest BCUT2D eigenvalue weighted by atomic mass is 10.4. The Balaban J connectivity index is 2.83. The van der Waals surface area contributed by atoms with Gasteiger partial charge in [0.15, 0.2) is 0 Å². The number of benzene rings is 1. The van der Waals surface area contributed by atoms with E-state index in [1.165, 1.54) is 0 Å². The number of hydrogen-bond donors (Lipinski definition) is 0. The van der Waals surface area contributed by atoms with Gasteiger partial charge in [-0.15, -0.1) is 0 Å². The third kappa shape index (κ3) is 2.82. The van der Waals surface area contributed by atoms with E-state index in [2.05, 4.69) is 0 Å². The molecule has 1 aromatic rings. The van der Waals surface area contributed by atoms with Crippen molar-refractivity contribution in [2.75, 3.05) is 0 Å². The van der Waals surface area contributed by atoms with Gasteiger partial charge in [0.05, 0.1) is 10.8 Å². The summed E-state index contributed by atoms with van der Waals surface area (Å²) in [5, 5.41) is 0.895. The SMILES string of the molecule is CCC(C)S(=O)c1ccc(Cl)cc1. The summed E-state index contributed by atoms with van der Waals surface area (Å²) < 4.78 is 11.8. The standard InChI is InChI=1S/C10H13ClOS/c1-3-8(2)13(12)10-6-4-9(11)5-7-10/h4-8H,3H2,1-2H3. The average Bonchev–Trinajstić information content (AvgIpc) is 2.17. The molecule has 13 heavy (non-hydrogen) atoms. The van der Waals surface area contributed by atoms with Gasteiger partial charge in [-0.1, -0.05) is 25.4 Å². The van der Waals surface area contributed by atoms with Crippen molar-refractivity contribution in [1.29, 1.82) is 0 Å². The predicted octanol–water partition coefficient (Wildman–Crippen LogP) is 3.25. The summed E-state index contributed by atoms with van der Waals surface area (Å²) in [6, 6.07) is 7.20. The molecule has 72 valence electrons. The summed E-state index contributed by atoms with van der Waals surface area (Å²) in [4.78, 5) is 0.860. The van der Waals surface area contributed by atoms with Gasteiger partial charge in [-0.25, -0.2) is 0 Å². The Morgan fingerprint density at radius 2 is 1.92 bits per heavy atom. The summed E-state index contributed by atoms with van der Waals surface area (Å²) in [6.07, 6.45) is 0.926. The first-order valence-electron chi connectivity index (χ1n) is 4.31. The van der Waals surface area contributed by atoms with Crippen LogP contribution in [0.3, 0.4) is 0 Å². The van der Waals surface area contributed by atoms with Crippen LogP contribution in [0.25, 0.3) is 0 Å². The molecule has 0 fully saturated rings. The molecule has 0 radical (unpaired) electrons. The van der Waals surface area contributed by atoms with E-state index in [9.17, 15) is 4.21 Å². The number of rotatable bonds is 3. The van der Waals surface area contributed by atoms with Gasteiger partial charge < -0.3 is 0 Å². The van der Waals surface area contributed by atoms with Gasteiger partial charge in [0, 0.05) is 15.2 Å². The van der Waals surface area contributed by atoms with Crippen LogP contribution in [-0.4, -0.2) is 9.46 Å². The van der Waals surface area contributed by atoms with E-state index in [-0.39, 0.29) is 5.25 Å². The van der Waals surface area contributed by atoms with Crippen LogP contribution in [0.2, 0.25) is 5.02 Å². The zero-order chi connectivity index (χ0) is 9.84. The van der Waals surface area contributed by atoms with E-state index >= 15 is 0 Å². The molecule has 0 saturated heterocycles. The largest absolute Gasteiger partial charge is 0.254 e. The van der Waals surface area contributed by atoms with Gasteiger partial charge in [0.2, 0.25) is 0 Å². The average molecular weight is 217 g/mol. The molecule has 0 N–H and O–H groups in total. The van der Waals surface area contributed by atoms with Crippen molar-refractivity contribution in [3.8, 4) is 0 Å². The lowest BCUT2D eigenvalue weighted by Crippen LogP contribution is -2.08. The van der Waals surface area contributed by atoms with Crippen molar-refractivity contribution in [3.05, 3.63) is 29.3 Å². The Morgan fingerprint density at radius 1 is 1.38 bits per heavy atom. The Morgan fingerprint density at radius 3 is 2.38 bits per heavy atom. The van der Waals surface area contributed by atoms with Crippen molar-refractivity contribution < 1.29 is 4.21 Å². The summed E-state index contributed by atoms with van der Waals surface area (Å²) in [6.45, 7) is 4.03. The fraction of sp³-hybridized carbons (Fsp3) is 0.400. The highest BCUT2D eigenvalue weighted by atomic mass is 35.5. The third-order valence-corrected chi connectivity index (χ3v) is 4.04. The normalized spacial score (nSPS) is 15.3.